The maximum Gasteiger partial charge on any atom is 0.0513 e. The Kier molecular flexibility index (Phi) is 4.13. The van der Waals surface area contributed by atoms with Crippen molar-refractivity contribution in [2.45, 2.75) is 44.7 Å². The summed E-state index contributed by atoms with van der Waals surface area (Å²) in [5, 5.41) is 3.21. The van der Waals surface area contributed by atoms with E-state index in [9.17, 15) is 0 Å². The largest absolute Gasteiger partial charge is 0.367 e. The quantitative estimate of drug-likeness (QED) is 0.906. The van der Waals surface area contributed by atoms with Gasteiger partial charge in [0.15, 0.2) is 0 Å². The first kappa shape index (κ1) is 13.4. The first-order valence-corrected chi connectivity index (χ1v) is 8.28. The third-order valence-electron chi connectivity index (χ3n) is 4.70. The molecule has 1 aliphatic heterocycles. The second-order valence-electron chi connectivity index (χ2n) is 5.91. The van der Waals surface area contributed by atoms with E-state index in [1.54, 1.807) is 0 Å². The maximum absolute atomic E-state index is 3.78. The summed E-state index contributed by atoms with van der Waals surface area (Å²) in [6, 6.07) is 7.62. The smallest absolute Gasteiger partial charge is 0.0513 e. The summed E-state index contributed by atoms with van der Waals surface area (Å²) in [4.78, 5) is 2.66. The number of nitrogens with one attached hydrogen (secondary N) is 1. The molecule has 2 nitrogen and oxygen atoms in total. The standard InChI is InChI=1S/C16H23BrN2/c1-18-11-12-7-8-16(14(17)10-12)19-9-3-5-13-4-2-6-15(13)19/h7-8,10,13,15,18H,2-6,9,11H2,1H3. The van der Waals surface area contributed by atoms with Gasteiger partial charge in [0, 0.05) is 23.6 Å². The normalized spacial score (nSPS) is 26.5. The predicted molar refractivity (Wildman–Crippen MR) is 84.6 cm³/mol. The topological polar surface area (TPSA) is 15.3 Å². The molecule has 1 aromatic carbocycles. The van der Waals surface area contributed by atoms with Gasteiger partial charge in [-0.15, -0.1) is 0 Å². The molecule has 104 valence electrons. The number of piperidine rings is 1. The summed E-state index contributed by atoms with van der Waals surface area (Å²) in [5.74, 6) is 0.942. The third-order valence-corrected chi connectivity index (χ3v) is 5.33. The minimum Gasteiger partial charge on any atom is -0.367 e. The molecule has 1 saturated heterocycles. The Hall–Kier alpha value is -0.540. The van der Waals surface area contributed by atoms with Gasteiger partial charge >= 0.3 is 0 Å². The molecule has 2 unspecified atom stereocenters. The van der Waals surface area contributed by atoms with Crippen LogP contribution in [0.3, 0.4) is 0 Å². The molecule has 19 heavy (non-hydrogen) atoms. The molecular weight excluding hydrogens is 300 g/mol. The van der Waals surface area contributed by atoms with Crippen LogP contribution < -0.4 is 10.2 Å². The number of halogens is 1. The Morgan fingerprint density at radius 3 is 2.89 bits per heavy atom. The highest BCUT2D eigenvalue weighted by Gasteiger charge is 2.35. The lowest BCUT2D eigenvalue weighted by molar-refractivity contribution is 0.362. The molecular formula is C16H23BrN2. The summed E-state index contributed by atoms with van der Waals surface area (Å²) in [6.07, 6.45) is 7.04. The Morgan fingerprint density at radius 2 is 2.11 bits per heavy atom. The highest BCUT2D eigenvalue weighted by Crippen LogP contribution is 2.41. The molecule has 0 spiro atoms. The number of benzene rings is 1. The highest BCUT2D eigenvalue weighted by atomic mass is 79.9. The first-order valence-electron chi connectivity index (χ1n) is 7.49. The van der Waals surface area contributed by atoms with Gasteiger partial charge in [-0.1, -0.05) is 12.5 Å². The van der Waals surface area contributed by atoms with E-state index in [2.05, 4.69) is 44.3 Å². The van der Waals surface area contributed by atoms with Gasteiger partial charge in [0.2, 0.25) is 0 Å². The Bertz CT molecular complexity index is 446. The van der Waals surface area contributed by atoms with E-state index in [1.807, 2.05) is 7.05 Å². The van der Waals surface area contributed by atoms with Gasteiger partial charge in [0.25, 0.3) is 0 Å². The van der Waals surface area contributed by atoms with Crippen molar-refractivity contribution < 1.29 is 0 Å². The number of anilines is 1. The lowest BCUT2D eigenvalue weighted by Gasteiger charge is -2.40. The van der Waals surface area contributed by atoms with Crippen molar-refractivity contribution in [1.29, 1.82) is 0 Å². The zero-order valence-electron chi connectivity index (χ0n) is 11.7. The van der Waals surface area contributed by atoms with Crippen LogP contribution in [0.25, 0.3) is 0 Å². The van der Waals surface area contributed by atoms with E-state index in [1.165, 1.54) is 54.4 Å². The molecule has 1 aromatic rings. The average Bonchev–Trinajstić information content (AvgIpc) is 2.88. The number of fused-ring (bicyclic) bond motifs is 1. The van der Waals surface area contributed by atoms with E-state index >= 15 is 0 Å². The first-order chi connectivity index (χ1) is 9.29. The third kappa shape index (κ3) is 2.68. The molecule has 0 bridgehead atoms. The molecule has 1 N–H and O–H groups in total. The van der Waals surface area contributed by atoms with Gasteiger partial charge in [-0.2, -0.15) is 0 Å². The Balaban J connectivity index is 1.84. The maximum atomic E-state index is 3.78. The van der Waals surface area contributed by atoms with Crippen molar-refractivity contribution in [2.24, 2.45) is 5.92 Å². The fraction of sp³-hybridized carbons (Fsp3) is 0.625. The molecule has 3 rings (SSSR count). The van der Waals surface area contributed by atoms with Crippen LogP contribution in [0.5, 0.6) is 0 Å². The zero-order valence-corrected chi connectivity index (χ0v) is 13.2. The molecule has 0 amide bonds. The van der Waals surface area contributed by atoms with Crippen molar-refractivity contribution in [2.75, 3.05) is 18.5 Å². The highest BCUT2D eigenvalue weighted by molar-refractivity contribution is 9.10. The second-order valence-corrected chi connectivity index (χ2v) is 6.76. The summed E-state index contributed by atoms with van der Waals surface area (Å²) >= 11 is 3.78. The summed E-state index contributed by atoms with van der Waals surface area (Å²) < 4.78 is 1.26. The van der Waals surface area contributed by atoms with Crippen LogP contribution in [0.1, 0.15) is 37.7 Å². The van der Waals surface area contributed by atoms with Gasteiger partial charge in [0.05, 0.1) is 5.69 Å². The van der Waals surface area contributed by atoms with E-state index in [0.29, 0.717) is 0 Å². The molecule has 0 radical (unpaired) electrons. The minimum absolute atomic E-state index is 0.792. The van der Waals surface area contributed by atoms with Crippen molar-refractivity contribution in [1.82, 2.24) is 5.32 Å². The van der Waals surface area contributed by atoms with Gasteiger partial charge in [0.1, 0.15) is 0 Å². The summed E-state index contributed by atoms with van der Waals surface area (Å²) in [7, 11) is 2.00. The summed E-state index contributed by atoms with van der Waals surface area (Å²) in [6.45, 7) is 2.16. The molecule has 2 fully saturated rings. The fourth-order valence-corrected chi connectivity index (χ4v) is 4.50. The molecule has 1 aliphatic carbocycles. The SMILES string of the molecule is CNCc1ccc(N2CCCC3CCCC32)c(Br)c1. The Morgan fingerprint density at radius 1 is 1.26 bits per heavy atom. The number of hydrogen-bond donors (Lipinski definition) is 1. The number of nitrogens with zero attached hydrogens (tertiary/aromatic N) is 1. The molecule has 2 atom stereocenters. The van der Waals surface area contributed by atoms with Crippen molar-refractivity contribution >= 4 is 21.6 Å². The molecule has 3 heteroatoms. The van der Waals surface area contributed by atoms with E-state index < -0.39 is 0 Å². The lowest BCUT2D eigenvalue weighted by Crippen LogP contribution is -2.42. The van der Waals surface area contributed by atoms with Crippen molar-refractivity contribution in [3.8, 4) is 0 Å². The van der Waals surface area contributed by atoms with Gasteiger partial charge in [-0.05, 0) is 72.3 Å². The minimum atomic E-state index is 0.792. The predicted octanol–water partition coefficient (Wildman–Crippen LogP) is 3.94. The molecule has 1 saturated carbocycles. The molecule has 1 heterocycles. The zero-order chi connectivity index (χ0) is 13.2. The van der Waals surface area contributed by atoms with Crippen LogP contribution in [0, 0.1) is 5.92 Å². The van der Waals surface area contributed by atoms with Gasteiger partial charge < -0.3 is 10.2 Å². The summed E-state index contributed by atoms with van der Waals surface area (Å²) in [5.41, 5.74) is 2.74. The monoisotopic (exact) mass is 322 g/mol. The van der Waals surface area contributed by atoms with Crippen LogP contribution >= 0.6 is 15.9 Å². The lowest BCUT2D eigenvalue weighted by atomic mass is 9.91. The molecule has 2 aliphatic rings. The van der Waals surface area contributed by atoms with Gasteiger partial charge in [-0.3, -0.25) is 0 Å². The van der Waals surface area contributed by atoms with Crippen molar-refractivity contribution in [3.05, 3.63) is 28.2 Å². The van der Waals surface area contributed by atoms with E-state index in [0.717, 1.165) is 18.5 Å². The fourth-order valence-electron chi connectivity index (χ4n) is 3.85. The second kappa shape index (κ2) is 5.84. The number of rotatable bonds is 3. The van der Waals surface area contributed by atoms with Crippen LogP contribution in [-0.4, -0.2) is 19.6 Å². The van der Waals surface area contributed by atoms with E-state index in [4.69, 9.17) is 0 Å². The van der Waals surface area contributed by atoms with Crippen LogP contribution in [-0.2, 0) is 6.54 Å². The van der Waals surface area contributed by atoms with Crippen LogP contribution in [0.15, 0.2) is 22.7 Å². The van der Waals surface area contributed by atoms with E-state index in [-0.39, 0.29) is 0 Å². The van der Waals surface area contributed by atoms with Crippen LogP contribution in [0.4, 0.5) is 5.69 Å². The number of hydrogen-bond acceptors (Lipinski definition) is 2. The average molecular weight is 323 g/mol. The van der Waals surface area contributed by atoms with Crippen molar-refractivity contribution in [3.63, 3.8) is 0 Å². The molecule has 0 aromatic heterocycles. The Labute approximate surface area is 124 Å². The van der Waals surface area contributed by atoms with Crippen LogP contribution in [0.2, 0.25) is 0 Å². The van der Waals surface area contributed by atoms with Gasteiger partial charge in [-0.25, -0.2) is 0 Å².